The Hall–Kier alpha value is -1.10. The van der Waals surface area contributed by atoms with Gasteiger partial charge in [-0.2, -0.15) is 0 Å². The maximum atomic E-state index is 12.4. The molecule has 520 valence electrons. The molecule has 0 rings (SSSR count). The highest BCUT2D eigenvalue weighted by Crippen LogP contribution is 2.21. The fraction of sp³-hybridized carbons (Fsp3) is 0.976. The van der Waals surface area contributed by atoms with Crippen molar-refractivity contribution in [3.8, 4) is 0 Å². The van der Waals surface area contributed by atoms with Gasteiger partial charge in [-0.05, 0) is 12.8 Å². The molecule has 0 aromatic carbocycles. The SMILES string of the molecule is CCCCCCCCCCCCCCCCCCCCCCCCCCCCCCCCCCCCCCCC(=O)OC(CO)COC(=O)CCCCCCCCCCCCCCCCCCCCCCCCCCCCCCCCCCCCCC. The summed E-state index contributed by atoms with van der Waals surface area (Å²) in [6.45, 7) is 4.24. The van der Waals surface area contributed by atoms with Crippen LogP contribution in [-0.2, 0) is 19.1 Å². The van der Waals surface area contributed by atoms with Crippen molar-refractivity contribution in [3.05, 3.63) is 0 Å². The van der Waals surface area contributed by atoms with Crippen molar-refractivity contribution in [1.29, 1.82) is 0 Å². The fourth-order valence-electron chi connectivity index (χ4n) is 13.5. The Kier molecular flexibility index (Phi) is 78.1. The largest absolute Gasteiger partial charge is 0.462 e. The number of carbonyl (C=O) groups is 2. The molecule has 0 aromatic rings. The molecule has 0 saturated heterocycles. The number of hydrogen-bond donors (Lipinski definition) is 1. The van der Waals surface area contributed by atoms with Crippen LogP contribution in [0.2, 0.25) is 0 Å². The normalized spacial score (nSPS) is 12.0. The number of aliphatic hydroxyl groups is 1. The topological polar surface area (TPSA) is 72.8 Å². The number of aliphatic hydroxyl groups excluding tert-OH is 1. The van der Waals surface area contributed by atoms with Crippen molar-refractivity contribution in [2.45, 2.75) is 502 Å². The summed E-state index contributed by atoms with van der Waals surface area (Å²) in [6, 6.07) is 0. The van der Waals surface area contributed by atoms with Gasteiger partial charge in [0.05, 0.1) is 6.61 Å². The lowest BCUT2D eigenvalue weighted by Crippen LogP contribution is -2.28. The number of esters is 2. The summed E-state index contributed by atoms with van der Waals surface area (Å²) in [6.07, 6.45) is 102. The van der Waals surface area contributed by atoms with E-state index < -0.39 is 6.10 Å². The second-order valence-corrected chi connectivity index (χ2v) is 28.6. The predicted molar refractivity (Wildman–Crippen MR) is 386 cm³/mol. The number of ether oxygens (including phenoxy) is 2. The minimum Gasteiger partial charge on any atom is -0.462 e. The van der Waals surface area contributed by atoms with E-state index >= 15 is 0 Å². The van der Waals surface area contributed by atoms with E-state index in [9.17, 15) is 14.7 Å². The van der Waals surface area contributed by atoms with Crippen molar-refractivity contribution in [1.82, 2.24) is 0 Å². The van der Waals surface area contributed by atoms with E-state index in [1.807, 2.05) is 0 Å². The minimum absolute atomic E-state index is 0.0551. The average Bonchev–Trinajstić information content (AvgIpc) is 3.52. The Morgan fingerprint density at radius 3 is 0.506 bits per heavy atom. The number of hydrogen-bond acceptors (Lipinski definition) is 5. The molecule has 0 spiro atoms. The van der Waals surface area contributed by atoms with Gasteiger partial charge in [0.15, 0.2) is 6.10 Å². The smallest absolute Gasteiger partial charge is 0.306 e. The molecule has 0 fully saturated rings. The van der Waals surface area contributed by atoms with Crippen molar-refractivity contribution in [3.63, 3.8) is 0 Å². The van der Waals surface area contributed by atoms with Gasteiger partial charge in [-0.25, -0.2) is 0 Å². The number of unbranched alkanes of at least 4 members (excludes halogenated alkanes) is 71. The van der Waals surface area contributed by atoms with Gasteiger partial charge in [-0.15, -0.1) is 0 Å². The van der Waals surface area contributed by atoms with Gasteiger partial charge in [0, 0.05) is 12.8 Å². The van der Waals surface area contributed by atoms with Crippen LogP contribution in [0.4, 0.5) is 0 Å². The molecular weight excluding hydrogens is 1060 g/mol. The Morgan fingerprint density at radius 1 is 0.218 bits per heavy atom. The summed E-state index contributed by atoms with van der Waals surface area (Å²) in [7, 11) is 0. The Bertz CT molecular complexity index is 1250. The van der Waals surface area contributed by atoms with E-state index in [2.05, 4.69) is 13.8 Å². The number of rotatable bonds is 79. The summed E-state index contributed by atoms with van der Waals surface area (Å²) < 4.78 is 10.8. The zero-order chi connectivity index (χ0) is 62.6. The highest BCUT2D eigenvalue weighted by Gasteiger charge is 2.16. The predicted octanol–water partition coefficient (Wildman–Crippen LogP) is 28.7. The summed E-state index contributed by atoms with van der Waals surface area (Å²) in [5, 5.41) is 9.73. The molecule has 5 heteroatoms. The Labute approximate surface area is 548 Å². The minimum atomic E-state index is -0.767. The van der Waals surface area contributed by atoms with E-state index in [1.165, 1.54) is 437 Å². The first kappa shape index (κ1) is 85.9. The van der Waals surface area contributed by atoms with Crippen LogP contribution >= 0.6 is 0 Å². The van der Waals surface area contributed by atoms with Crippen LogP contribution in [0, 0.1) is 0 Å². The lowest BCUT2D eigenvalue weighted by molar-refractivity contribution is -0.161. The molecule has 0 bridgehead atoms. The molecule has 0 aliphatic rings. The van der Waals surface area contributed by atoms with E-state index in [0.29, 0.717) is 12.8 Å². The van der Waals surface area contributed by atoms with Crippen molar-refractivity contribution >= 4 is 11.9 Å². The summed E-state index contributed by atoms with van der Waals surface area (Å²) in [4.78, 5) is 24.7. The average molecular weight is 1230 g/mol. The third-order valence-corrected chi connectivity index (χ3v) is 19.7. The maximum absolute atomic E-state index is 12.4. The van der Waals surface area contributed by atoms with E-state index in [1.54, 1.807) is 0 Å². The van der Waals surface area contributed by atoms with Crippen molar-refractivity contribution in [2.75, 3.05) is 13.2 Å². The first-order chi connectivity index (χ1) is 43.1. The molecule has 87 heavy (non-hydrogen) atoms. The quantitative estimate of drug-likeness (QED) is 0.0485. The zero-order valence-electron chi connectivity index (χ0n) is 60.1. The van der Waals surface area contributed by atoms with E-state index in [4.69, 9.17) is 9.47 Å². The molecule has 1 unspecified atom stereocenters. The monoisotopic (exact) mass is 1230 g/mol. The highest BCUT2D eigenvalue weighted by atomic mass is 16.6. The summed E-state index contributed by atoms with van der Waals surface area (Å²) in [5.41, 5.74) is 0. The molecule has 1 N–H and O–H groups in total. The lowest BCUT2D eigenvalue weighted by atomic mass is 10.0. The van der Waals surface area contributed by atoms with Crippen molar-refractivity contribution in [2.24, 2.45) is 0 Å². The molecule has 0 aromatic heterocycles. The van der Waals surface area contributed by atoms with Gasteiger partial charge in [-0.3, -0.25) is 9.59 Å². The van der Waals surface area contributed by atoms with Gasteiger partial charge in [0.1, 0.15) is 6.61 Å². The Morgan fingerprint density at radius 2 is 0.356 bits per heavy atom. The van der Waals surface area contributed by atoms with E-state index in [0.717, 1.165) is 32.1 Å². The van der Waals surface area contributed by atoms with Gasteiger partial charge >= 0.3 is 11.9 Å². The first-order valence-electron chi connectivity index (χ1n) is 41.1. The summed E-state index contributed by atoms with van der Waals surface area (Å²) in [5.74, 6) is -0.555. The second-order valence-electron chi connectivity index (χ2n) is 28.6. The van der Waals surface area contributed by atoms with Crippen LogP contribution in [0.25, 0.3) is 0 Å². The third-order valence-electron chi connectivity index (χ3n) is 19.7. The zero-order valence-corrected chi connectivity index (χ0v) is 60.1. The highest BCUT2D eigenvalue weighted by molar-refractivity contribution is 5.70. The Balaban J connectivity index is 3.32. The molecule has 0 amide bonds. The van der Waals surface area contributed by atoms with Gasteiger partial charge < -0.3 is 14.6 Å². The molecule has 0 saturated carbocycles. The van der Waals surface area contributed by atoms with Crippen LogP contribution in [0.5, 0.6) is 0 Å². The van der Waals surface area contributed by atoms with Gasteiger partial charge in [-0.1, -0.05) is 470 Å². The molecule has 0 aliphatic heterocycles. The standard InChI is InChI=1S/C82H162O5/c1-3-5-7-9-11-13-15-17-19-21-23-25-27-29-31-33-35-37-39-41-43-45-47-49-51-53-55-57-59-61-63-65-67-69-71-73-75-77-82(85)87-80(78-83)79-86-81(84)76-74-72-70-68-66-64-62-60-58-56-54-52-50-48-46-44-42-40-38-36-34-32-30-28-26-24-22-20-18-16-14-12-10-8-6-4-2/h80,83H,3-79H2,1-2H3. The fourth-order valence-corrected chi connectivity index (χ4v) is 13.5. The molecule has 0 heterocycles. The van der Waals surface area contributed by atoms with Crippen molar-refractivity contribution < 1.29 is 24.2 Å². The second kappa shape index (κ2) is 79.1. The first-order valence-corrected chi connectivity index (χ1v) is 41.1. The molecule has 0 radical (unpaired) electrons. The summed E-state index contributed by atoms with van der Waals surface area (Å²) >= 11 is 0. The van der Waals surface area contributed by atoms with Gasteiger partial charge in [0.25, 0.3) is 0 Å². The molecule has 5 nitrogen and oxygen atoms in total. The van der Waals surface area contributed by atoms with Gasteiger partial charge in [0.2, 0.25) is 0 Å². The van der Waals surface area contributed by atoms with E-state index in [-0.39, 0.29) is 25.2 Å². The van der Waals surface area contributed by atoms with Crippen LogP contribution in [-0.4, -0.2) is 36.4 Å². The van der Waals surface area contributed by atoms with Crippen LogP contribution < -0.4 is 0 Å². The molecular formula is C82H162O5. The maximum Gasteiger partial charge on any atom is 0.306 e. The molecule has 0 aliphatic carbocycles. The third kappa shape index (κ3) is 77.3. The van der Waals surface area contributed by atoms with Crippen LogP contribution in [0.1, 0.15) is 495 Å². The molecule has 1 atom stereocenters. The lowest BCUT2D eigenvalue weighted by Gasteiger charge is -2.15. The number of carbonyl (C=O) groups excluding carboxylic acids is 2. The van der Waals surface area contributed by atoms with Crippen LogP contribution in [0.3, 0.4) is 0 Å². The van der Waals surface area contributed by atoms with Crippen LogP contribution in [0.15, 0.2) is 0 Å².